The molecule has 2 rings (SSSR count). The highest BCUT2D eigenvalue weighted by atomic mass is 79.9. The standard InChI is InChI=1S/C17H18BrNO2/c1-13(21-17(20)14-8-4-2-5-9-14)16(12-18)19-15-10-6-3-7-11-15/h2-11,13,16,19H,12H2,1H3. The monoisotopic (exact) mass is 347 g/mol. The number of hydrogen-bond acceptors (Lipinski definition) is 3. The summed E-state index contributed by atoms with van der Waals surface area (Å²) in [5.74, 6) is -0.302. The summed E-state index contributed by atoms with van der Waals surface area (Å²) in [6, 6.07) is 18.9. The minimum Gasteiger partial charge on any atom is -0.457 e. The van der Waals surface area contributed by atoms with Crippen molar-refractivity contribution >= 4 is 27.6 Å². The molecule has 2 aromatic rings. The van der Waals surface area contributed by atoms with E-state index < -0.39 is 0 Å². The number of halogens is 1. The van der Waals surface area contributed by atoms with E-state index in [-0.39, 0.29) is 18.1 Å². The van der Waals surface area contributed by atoms with Crippen LogP contribution in [0, 0.1) is 0 Å². The first kappa shape index (κ1) is 15.6. The molecule has 0 radical (unpaired) electrons. The molecule has 2 aromatic carbocycles. The summed E-state index contributed by atoms with van der Waals surface area (Å²) in [4.78, 5) is 12.1. The highest BCUT2D eigenvalue weighted by molar-refractivity contribution is 9.09. The van der Waals surface area contributed by atoms with Crippen molar-refractivity contribution in [1.82, 2.24) is 0 Å². The predicted octanol–water partition coefficient (Wildman–Crippen LogP) is 4.11. The molecule has 0 saturated carbocycles. The number of anilines is 1. The van der Waals surface area contributed by atoms with Gasteiger partial charge in [-0.1, -0.05) is 52.3 Å². The summed E-state index contributed by atoms with van der Waals surface area (Å²) in [7, 11) is 0. The number of alkyl halides is 1. The van der Waals surface area contributed by atoms with Crippen LogP contribution < -0.4 is 5.32 Å². The molecule has 0 aliphatic heterocycles. The van der Waals surface area contributed by atoms with Gasteiger partial charge < -0.3 is 10.1 Å². The van der Waals surface area contributed by atoms with E-state index in [0.29, 0.717) is 10.9 Å². The molecule has 0 saturated heterocycles. The molecule has 0 heterocycles. The van der Waals surface area contributed by atoms with E-state index in [4.69, 9.17) is 4.74 Å². The second-order valence-corrected chi connectivity index (χ2v) is 5.40. The Labute approximate surface area is 133 Å². The van der Waals surface area contributed by atoms with Crippen LogP contribution in [0.1, 0.15) is 17.3 Å². The van der Waals surface area contributed by atoms with Gasteiger partial charge in [-0.2, -0.15) is 0 Å². The van der Waals surface area contributed by atoms with E-state index in [1.807, 2.05) is 55.5 Å². The number of esters is 1. The molecular formula is C17H18BrNO2. The molecule has 0 fully saturated rings. The quantitative estimate of drug-likeness (QED) is 0.631. The largest absolute Gasteiger partial charge is 0.457 e. The summed E-state index contributed by atoms with van der Waals surface area (Å²) >= 11 is 3.47. The Hall–Kier alpha value is -1.81. The van der Waals surface area contributed by atoms with Gasteiger partial charge >= 0.3 is 5.97 Å². The number of benzene rings is 2. The van der Waals surface area contributed by atoms with Gasteiger partial charge in [-0.25, -0.2) is 4.79 Å². The van der Waals surface area contributed by atoms with Crippen molar-refractivity contribution in [2.24, 2.45) is 0 Å². The number of nitrogens with one attached hydrogen (secondary N) is 1. The number of ether oxygens (including phenoxy) is 1. The Morgan fingerprint density at radius 1 is 1.10 bits per heavy atom. The molecular weight excluding hydrogens is 330 g/mol. The van der Waals surface area contributed by atoms with Crippen LogP contribution in [-0.4, -0.2) is 23.4 Å². The van der Waals surface area contributed by atoms with E-state index in [1.165, 1.54) is 0 Å². The van der Waals surface area contributed by atoms with Gasteiger partial charge in [0.25, 0.3) is 0 Å². The lowest BCUT2D eigenvalue weighted by Crippen LogP contribution is -2.36. The van der Waals surface area contributed by atoms with Crippen molar-refractivity contribution in [1.29, 1.82) is 0 Å². The molecule has 21 heavy (non-hydrogen) atoms. The molecule has 2 unspecified atom stereocenters. The van der Waals surface area contributed by atoms with E-state index in [1.54, 1.807) is 12.1 Å². The Morgan fingerprint density at radius 2 is 1.67 bits per heavy atom. The maximum atomic E-state index is 12.1. The van der Waals surface area contributed by atoms with Crippen molar-refractivity contribution in [3.63, 3.8) is 0 Å². The Bertz CT molecular complexity index is 560. The smallest absolute Gasteiger partial charge is 0.338 e. The van der Waals surface area contributed by atoms with Crippen molar-refractivity contribution in [3.8, 4) is 0 Å². The Balaban J connectivity index is 1.97. The molecule has 0 spiro atoms. The minimum atomic E-state index is -0.302. The van der Waals surface area contributed by atoms with Crippen LogP contribution in [0.15, 0.2) is 60.7 Å². The van der Waals surface area contributed by atoms with Crippen LogP contribution >= 0.6 is 15.9 Å². The fourth-order valence-electron chi connectivity index (χ4n) is 1.92. The summed E-state index contributed by atoms with van der Waals surface area (Å²) < 4.78 is 5.53. The molecule has 0 amide bonds. The summed E-state index contributed by atoms with van der Waals surface area (Å²) in [6.07, 6.45) is -0.253. The fraction of sp³-hybridized carbons (Fsp3) is 0.235. The first-order valence-electron chi connectivity index (χ1n) is 6.84. The SMILES string of the molecule is CC(OC(=O)c1ccccc1)C(CBr)Nc1ccccc1. The van der Waals surface area contributed by atoms with Crippen LogP contribution in [-0.2, 0) is 4.74 Å². The zero-order valence-corrected chi connectivity index (χ0v) is 13.4. The molecule has 0 aliphatic rings. The highest BCUT2D eigenvalue weighted by Gasteiger charge is 2.20. The molecule has 0 aliphatic carbocycles. The zero-order chi connectivity index (χ0) is 15.1. The number of hydrogen-bond donors (Lipinski definition) is 1. The highest BCUT2D eigenvalue weighted by Crippen LogP contribution is 2.14. The third-order valence-corrected chi connectivity index (χ3v) is 3.86. The van der Waals surface area contributed by atoms with Crippen LogP contribution in [0.25, 0.3) is 0 Å². The lowest BCUT2D eigenvalue weighted by molar-refractivity contribution is 0.0316. The van der Waals surface area contributed by atoms with Gasteiger partial charge in [-0.3, -0.25) is 0 Å². The average molecular weight is 348 g/mol. The lowest BCUT2D eigenvalue weighted by atomic mass is 10.2. The molecule has 2 atom stereocenters. The zero-order valence-electron chi connectivity index (χ0n) is 11.8. The third kappa shape index (κ3) is 4.60. The van der Waals surface area contributed by atoms with Gasteiger partial charge in [-0.05, 0) is 31.2 Å². The normalized spacial score (nSPS) is 13.2. The number of carbonyl (C=O) groups is 1. The Kier molecular flexibility index (Phi) is 5.81. The van der Waals surface area contributed by atoms with Gasteiger partial charge in [-0.15, -0.1) is 0 Å². The van der Waals surface area contributed by atoms with E-state index in [2.05, 4.69) is 21.2 Å². The summed E-state index contributed by atoms with van der Waals surface area (Å²) in [5, 5.41) is 4.05. The fourth-order valence-corrected chi connectivity index (χ4v) is 2.61. The van der Waals surface area contributed by atoms with Crippen LogP contribution in [0.5, 0.6) is 0 Å². The number of para-hydroxylation sites is 1. The molecule has 4 heteroatoms. The van der Waals surface area contributed by atoms with Gasteiger partial charge in [0, 0.05) is 11.0 Å². The second-order valence-electron chi connectivity index (χ2n) is 4.75. The maximum Gasteiger partial charge on any atom is 0.338 e. The second kappa shape index (κ2) is 7.84. The van der Waals surface area contributed by atoms with E-state index in [0.717, 1.165) is 5.69 Å². The van der Waals surface area contributed by atoms with Crippen LogP contribution in [0.2, 0.25) is 0 Å². The molecule has 3 nitrogen and oxygen atoms in total. The summed E-state index contributed by atoms with van der Waals surface area (Å²) in [6.45, 7) is 1.89. The third-order valence-electron chi connectivity index (χ3n) is 3.16. The first-order chi connectivity index (χ1) is 10.2. The van der Waals surface area contributed by atoms with Crippen molar-refractivity contribution < 1.29 is 9.53 Å². The molecule has 0 bridgehead atoms. The van der Waals surface area contributed by atoms with Crippen molar-refractivity contribution in [3.05, 3.63) is 66.2 Å². The number of rotatable bonds is 6. The van der Waals surface area contributed by atoms with Crippen LogP contribution in [0.4, 0.5) is 5.69 Å². The summed E-state index contributed by atoms with van der Waals surface area (Å²) in [5.41, 5.74) is 1.57. The minimum absolute atomic E-state index is 0.0000576. The predicted molar refractivity (Wildman–Crippen MR) is 89.0 cm³/mol. The van der Waals surface area contributed by atoms with Gasteiger partial charge in [0.05, 0.1) is 11.6 Å². The first-order valence-corrected chi connectivity index (χ1v) is 7.96. The molecule has 110 valence electrons. The molecule has 1 N–H and O–H groups in total. The topological polar surface area (TPSA) is 38.3 Å². The van der Waals surface area contributed by atoms with Crippen LogP contribution in [0.3, 0.4) is 0 Å². The molecule has 0 aromatic heterocycles. The lowest BCUT2D eigenvalue weighted by Gasteiger charge is -2.24. The van der Waals surface area contributed by atoms with E-state index >= 15 is 0 Å². The van der Waals surface area contributed by atoms with Crippen molar-refractivity contribution in [2.45, 2.75) is 19.1 Å². The van der Waals surface area contributed by atoms with E-state index in [9.17, 15) is 4.79 Å². The average Bonchev–Trinajstić information content (AvgIpc) is 2.54. The van der Waals surface area contributed by atoms with Crippen molar-refractivity contribution in [2.75, 3.05) is 10.6 Å². The Morgan fingerprint density at radius 3 is 2.24 bits per heavy atom. The maximum absolute atomic E-state index is 12.1. The van der Waals surface area contributed by atoms with Gasteiger partial charge in [0.1, 0.15) is 6.10 Å². The van der Waals surface area contributed by atoms with Gasteiger partial charge in [0.15, 0.2) is 0 Å². The number of carbonyl (C=O) groups excluding carboxylic acids is 1. The van der Waals surface area contributed by atoms with Gasteiger partial charge in [0.2, 0.25) is 0 Å².